The largest absolute Gasteiger partial charge is 0.497 e. The van der Waals surface area contributed by atoms with E-state index in [9.17, 15) is 14.9 Å². The van der Waals surface area contributed by atoms with Gasteiger partial charge in [-0.25, -0.2) is 0 Å². The highest BCUT2D eigenvalue weighted by Crippen LogP contribution is 2.22. The van der Waals surface area contributed by atoms with Crippen molar-refractivity contribution < 1.29 is 19.2 Å². The summed E-state index contributed by atoms with van der Waals surface area (Å²) in [7, 11) is 1.63. The molecule has 7 heteroatoms. The summed E-state index contributed by atoms with van der Waals surface area (Å²) in [4.78, 5) is 22.1. The molecule has 0 bridgehead atoms. The molecule has 1 amide bonds. The summed E-state index contributed by atoms with van der Waals surface area (Å²) >= 11 is 0. The number of nitro benzene ring substituents is 1. The molecule has 138 valence electrons. The van der Waals surface area contributed by atoms with Gasteiger partial charge in [0, 0.05) is 18.7 Å². The lowest BCUT2D eigenvalue weighted by Crippen LogP contribution is -2.28. The smallest absolute Gasteiger partial charge is 0.269 e. The first kappa shape index (κ1) is 18.2. The van der Waals surface area contributed by atoms with E-state index in [1.165, 1.54) is 24.3 Å². The summed E-state index contributed by atoms with van der Waals surface area (Å²) in [5.41, 5.74) is 0.942. The van der Waals surface area contributed by atoms with Crippen molar-refractivity contribution in [1.29, 1.82) is 0 Å². The van der Waals surface area contributed by atoms with Gasteiger partial charge in [-0.3, -0.25) is 14.9 Å². The van der Waals surface area contributed by atoms with Crippen LogP contribution in [-0.4, -0.2) is 24.5 Å². The lowest BCUT2D eigenvalue weighted by molar-refractivity contribution is -0.384. The Labute approximate surface area is 155 Å². The van der Waals surface area contributed by atoms with Gasteiger partial charge >= 0.3 is 0 Å². The van der Waals surface area contributed by atoms with Gasteiger partial charge in [0.05, 0.1) is 12.0 Å². The van der Waals surface area contributed by atoms with Crippen molar-refractivity contribution in [3.05, 3.63) is 76.3 Å². The molecule has 7 nitrogen and oxygen atoms in total. The quantitative estimate of drug-likeness (QED) is 0.511. The van der Waals surface area contributed by atoms with Gasteiger partial charge < -0.3 is 14.8 Å². The fourth-order valence-electron chi connectivity index (χ4n) is 2.57. The van der Waals surface area contributed by atoms with Gasteiger partial charge in [0.25, 0.3) is 11.6 Å². The van der Waals surface area contributed by atoms with Crippen molar-refractivity contribution in [3.8, 4) is 11.5 Å². The minimum atomic E-state index is -0.490. The molecule has 0 fully saturated rings. The Morgan fingerprint density at radius 2 is 1.67 bits per heavy atom. The van der Waals surface area contributed by atoms with Crippen LogP contribution in [0.15, 0.2) is 60.7 Å². The number of fused-ring (bicyclic) bond motifs is 1. The molecule has 0 aromatic heterocycles. The van der Waals surface area contributed by atoms with E-state index in [0.717, 1.165) is 22.1 Å². The predicted molar refractivity (Wildman–Crippen MR) is 101 cm³/mol. The monoisotopic (exact) mass is 366 g/mol. The average Bonchev–Trinajstić information content (AvgIpc) is 2.70. The second-order valence-electron chi connectivity index (χ2n) is 5.86. The molecule has 0 aliphatic heterocycles. The SMILES string of the molecule is COc1ccc2cc(CNC(=O)COc3ccc([N+](=O)[O-])cc3)ccc2c1. The van der Waals surface area contributed by atoms with E-state index in [1.807, 2.05) is 36.4 Å². The van der Waals surface area contributed by atoms with Crippen LogP contribution >= 0.6 is 0 Å². The fraction of sp³-hybridized carbons (Fsp3) is 0.150. The second-order valence-corrected chi connectivity index (χ2v) is 5.86. The van der Waals surface area contributed by atoms with Crippen molar-refractivity contribution in [2.24, 2.45) is 0 Å². The van der Waals surface area contributed by atoms with Gasteiger partial charge in [0.1, 0.15) is 11.5 Å². The minimum absolute atomic E-state index is 0.0271. The number of non-ortho nitro benzene ring substituents is 1. The Bertz CT molecular complexity index is 970. The standard InChI is InChI=1S/C20H18N2O5/c1-26-19-7-4-15-10-14(2-3-16(15)11-19)12-21-20(23)13-27-18-8-5-17(6-9-18)22(24)25/h2-11H,12-13H2,1H3,(H,21,23). The van der Waals surface area contributed by atoms with Gasteiger partial charge in [-0.2, -0.15) is 0 Å². The van der Waals surface area contributed by atoms with Crippen LogP contribution < -0.4 is 14.8 Å². The minimum Gasteiger partial charge on any atom is -0.497 e. The van der Waals surface area contributed by atoms with Crippen LogP contribution in [0.1, 0.15) is 5.56 Å². The van der Waals surface area contributed by atoms with E-state index in [2.05, 4.69) is 5.32 Å². The number of hydrogen-bond donors (Lipinski definition) is 1. The lowest BCUT2D eigenvalue weighted by Gasteiger charge is -2.09. The molecule has 0 spiro atoms. The maximum Gasteiger partial charge on any atom is 0.269 e. The first-order valence-electron chi connectivity index (χ1n) is 8.26. The molecule has 3 aromatic carbocycles. The Morgan fingerprint density at radius 3 is 2.37 bits per heavy atom. The molecule has 3 rings (SSSR count). The molecule has 0 unspecified atom stereocenters. The third-order valence-electron chi connectivity index (χ3n) is 4.02. The highest BCUT2D eigenvalue weighted by atomic mass is 16.6. The molecular formula is C20H18N2O5. The van der Waals surface area contributed by atoms with E-state index < -0.39 is 4.92 Å². The van der Waals surface area contributed by atoms with E-state index >= 15 is 0 Å². The molecule has 0 heterocycles. The normalized spacial score (nSPS) is 10.4. The summed E-state index contributed by atoms with van der Waals surface area (Å²) in [5, 5.41) is 15.5. The number of nitro groups is 1. The van der Waals surface area contributed by atoms with Crippen LogP contribution in [0, 0.1) is 10.1 Å². The molecule has 27 heavy (non-hydrogen) atoms. The summed E-state index contributed by atoms with van der Waals surface area (Å²) in [6.45, 7) is 0.215. The maximum atomic E-state index is 12.0. The number of hydrogen-bond acceptors (Lipinski definition) is 5. The molecule has 0 radical (unpaired) electrons. The van der Waals surface area contributed by atoms with Gasteiger partial charge in [-0.15, -0.1) is 0 Å². The van der Waals surface area contributed by atoms with E-state index in [1.54, 1.807) is 7.11 Å². The van der Waals surface area contributed by atoms with Gasteiger partial charge in [-0.05, 0) is 46.7 Å². The number of carbonyl (C=O) groups is 1. The Hall–Kier alpha value is -3.61. The Kier molecular flexibility index (Phi) is 5.51. The number of methoxy groups -OCH3 is 1. The summed E-state index contributed by atoms with van der Waals surface area (Å²) in [6.07, 6.45) is 0. The molecule has 0 saturated carbocycles. The number of benzene rings is 3. The average molecular weight is 366 g/mol. The van der Waals surface area contributed by atoms with Crippen LogP contribution in [0.4, 0.5) is 5.69 Å². The number of nitrogens with one attached hydrogen (secondary N) is 1. The van der Waals surface area contributed by atoms with Crippen molar-refractivity contribution in [2.45, 2.75) is 6.54 Å². The lowest BCUT2D eigenvalue weighted by atomic mass is 10.1. The van der Waals surface area contributed by atoms with Gasteiger partial charge in [0.15, 0.2) is 6.61 Å². The Morgan fingerprint density at radius 1 is 1.00 bits per heavy atom. The van der Waals surface area contributed by atoms with Crippen LogP contribution in [-0.2, 0) is 11.3 Å². The number of carbonyl (C=O) groups excluding carboxylic acids is 1. The third-order valence-corrected chi connectivity index (χ3v) is 4.02. The van der Waals surface area contributed by atoms with Crippen LogP contribution in [0.25, 0.3) is 10.8 Å². The first-order chi connectivity index (χ1) is 13.0. The summed E-state index contributed by atoms with van der Waals surface area (Å²) in [5.74, 6) is 0.922. The first-order valence-corrected chi connectivity index (χ1v) is 8.26. The van der Waals surface area contributed by atoms with Crippen molar-refractivity contribution in [1.82, 2.24) is 5.32 Å². The number of ether oxygens (including phenoxy) is 2. The summed E-state index contributed by atoms with van der Waals surface area (Å²) < 4.78 is 10.5. The zero-order valence-corrected chi connectivity index (χ0v) is 14.7. The molecule has 0 atom stereocenters. The second kappa shape index (κ2) is 8.18. The zero-order valence-electron chi connectivity index (χ0n) is 14.7. The van der Waals surface area contributed by atoms with Gasteiger partial charge in [0.2, 0.25) is 0 Å². The summed E-state index contributed by atoms with van der Waals surface area (Å²) in [6, 6.07) is 17.3. The number of rotatable bonds is 7. The van der Waals surface area contributed by atoms with Gasteiger partial charge in [-0.1, -0.05) is 18.2 Å². The molecule has 0 aliphatic carbocycles. The van der Waals surface area contributed by atoms with Crippen molar-refractivity contribution >= 4 is 22.4 Å². The van der Waals surface area contributed by atoms with Crippen LogP contribution in [0.3, 0.4) is 0 Å². The highest BCUT2D eigenvalue weighted by Gasteiger charge is 2.07. The molecule has 0 saturated heterocycles. The maximum absolute atomic E-state index is 12.0. The van der Waals surface area contributed by atoms with E-state index in [-0.39, 0.29) is 18.2 Å². The topological polar surface area (TPSA) is 90.7 Å². The molecule has 0 aliphatic rings. The van der Waals surface area contributed by atoms with Crippen LogP contribution in [0.5, 0.6) is 11.5 Å². The van der Waals surface area contributed by atoms with Crippen molar-refractivity contribution in [3.63, 3.8) is 0 Å². The predicted octanol–water partition coefficient (Wildman–Crippen LogP) is 3.45. The number of nitrogens with zero attached hydrogens (tertiary/aromatic N) is 1. The van der Waals surface area contributed by atoms with E-state index in [0.29, 0.717) is 12.3 Å². The molecule has 1 N–H and O–H groups in total. The van der Waals surface area contributed by atoms with Crippen LogP contribution in [0.2, 0.25) is 0 Å². The zero-order chi connectivity index (χ0) is 19.2. The van der Waals surface area contributed by atoms with Crippen molar-refractivity contribution in [2.75, 3.05) is 13.7 Å². The number of amides is 1. The fourth-order valence-corrected chi connectivity index (χ4v) is 2.57. The Balaban J connectivity index is 1.52. The highest BCUT2D eigenvalue weighted by molar-refractivity contribution is 5.84. The molecule has 3 aromatic rings. The third kappa shape index (κ3) is 4.72. The van der Waals surface area contributed by atoms with E-state index in [4.69, 9.17) is 9.47 Å². The molecular weight excluding hydrogens is 348 g/mol.